The molecular formula is C30H35NO. The maximum absolute atomic E-state index is 7.34. The smallest absolute Gasteiger partial charge is 0.167 e. The average Bonchev–Trinajstić information content (AvgIpc) is 3.40. The summed E-state index contributed by atoms with van der Waals surface area (Å²) in [6.45, 7) is 2.39. The Morgan fingerprint density at radius 2 is 1.56 bits per heavy atom. The quantitative estimate of drug-likeness (QED) is 0.511. The molecule has 2 aromatic carbocycles. The second-order valence-electron chi connectivity index (χ2n) is 10.2. The van der Waals surface area contributed by atoms with Gasteiger partial charge in [-0.25, -0.2) is 0 Å². The summed E-state index contributed by atoms with van der Waals surface area (Å²) in [6.07, 6.45) is 13.6. The van der Waals surface area contributed by atoms with Gasteiger partial charge in [-0.1, -0.05) is 67.1 Å². The van der Waals surface area contributed by atoms with Gasteiger partial charge in [0.25, 0.3) is 0 Å². The lowest BCUT2D eigenvalue weighted by Gasteiger charge is -2.56. The summed E-state index contributed by atoms with van der Waals surface area (Å²) >= 11 is 0. The zero-order valence-electron chi connectivity index (χ0n) is 19.1. The molecule has 6 rings (SSSR count). The molecule has 0 N–H and O–H groups in total. The molecule has 3 atom stereocenters. The molecule has 166 valence electrons. The molecule has 4 aliphatic rings. The van der Waals surface area contributed by atoms with E-state index in [-0.39, 0.29) is 5.72 Å². The molecule has 0 unspecified atom stereocenters. The lowest BCUT2D eigenvalue weighted by Crippen LogP contribution is -2.60. The van der Waals surface area contributed by atoms with E-state index < -0.39 is 0 Å². The van der Waals surface area contributed by atoms with Crippen LogP contribution in [0.25, 0.3) is 6.08 Å². The van der Waals surface area contributed by atoms with Gasteiger partial charge in [-0.3, -0.25) is 4.90 Å². The fourth-order valence-electron chi connectivity index (χ4n) is 6.99. The Morgan fingerprint density at radius 3 is 2.34 bits per heavy atom. The fraction of sp³-hybridized carbons (Fsp3) is 0.467. The Kier molecular flexibility index (Phi) is 5.43. The highest BCUT2D eigenvalue weighted by molar-refractivity contribution is 5.60. The first kappa shape index (κ1) is 20.3. The van der Waals surface area contributed by atoms with E-state index in [1.165, 1.54) is 86.9 Å². The lowest BCUT2D eigenvalue weighted by atomic mass is 9.64. The number of allylic oxidation sites excluding steroid dienone is 2. The summed E-state index contributed by atoms with van der Waals surface area (Å²) in [7, 11) is 0. The van der Waals surface area contributed by atoms with Gasteiger partial charge >= 0.3 is 0 Å². The minimum atomic E-state index is -0.124. The highest BCUT2D eigenvalue weighted by atomic mass is 16.5. The van der Waals surface area contributed by atoms with Gasteiger partial charge in [0.15, 0.2) is 5.72 Å². The lowest BCUT2D eigenvalue weighted by molar-refractivity contribution is -0.190. The molecule has 0 radical (unpaired) electrons. The summed E-state index contributed by atoms with van der Waals surface area (Å²) in [5, 5.41) is 0. The van der Waals surface area contributed by atoms with Gasteiger partial charge in [0, 0.05) is 31.3 Å². The summed E-state index contributed by atoms with van der Waals surface area (Å²) < 4.78 is 7.34. The fourth-order valence-corrected chi connectivity index (χ4v) is 6.99. The van der Waals surface area contributed by atoms with Crippen molar-refractivity contribution in [2.75, 3.05) is 13.1 Å². The van der Waals surface area contributed by atoms with Crippen LogP contribution in [0.3, 0.4) is 0 Å². The minimum Gasteiger partial charge on any atom is -0.472 e. The van der Waals surface area contributed by atoms with Crippen LogP contribution >= 0.6 is 0 Å². The van der Waals surface area contributed by atoms with Crippen LogP contribution in [0.15, 0.2) is 77.6 Å². The average molecular weight is 426 g/mol. The van der Waals surface area contributed by atoms with Gasteiger partial charge in [-0.05, 0) is 73.3 Å². The van der Waals surface area contributed by atoms with Crippen LogP contribution in [-0.4, -0.2) is 23.7 Å². The van der Waals surface area contributed by atoms with Gasteiger partial charge in [0.1, 0.15) is 5.76 Å². The maximum Gasteiger partial charge on any atom is 0.167 e. The predicted octanol–water partition coefficient (Wildman–Crippen LogP) is 7.30. The third-order valence-electron chi connectivity index (χ3n) is 8.35. The SMILES string of the molecule is C(=C1/CCCC2=C1O[C@@]1(N3CCCC3)CCCC[C@@H]1[C@@H]2c1ccccc1)/c1ccccc1. The number of fused-ring (bicyclic) bond motifs is 1. The van der Waals surface area contributed by atoms with Gasteiger partial charge in [-0.15, -0.1) is 0 Å². The Bertz CT molecular complexity index is 1000. The van der Waals surface area contributed by atoms with E-state index in [1.54, 1.807) is 5.57 Å². The van der Waals surface area contributed by atoms with Crippen LogP contribution < -0.4 is 0 Å². The standard InChI is InChI=1S/C30H35NO/c1-3-12-23(13-4-1)22-25-16-11-17-26-28(24-14-5-2-6-15-24)27-18-7-8-19-30(27,32-29(25)26)31-20-9-10-21-31/h1-6,12-15,22,27-28H,7-11,16-21H2/b25-22+/t27-,28-,30+/m1/s1. The van der Waals surface area contributed by atoms with Crippen LogP contribution in [0, 0.1) is 5.92 Å². The first-order valence-corrected chi connectivity index (χ1v) is 12.8. The van der Waals surface area contributed by atoms with Gasteiger partial charge in [0.2, 0.25) is 0 Å². The Labute approximate surface area is 193 Å². The molecule has 0 amide bonds. The topological polar surface area (TPSA) is 12.5 Å². The van der Waals surface area contributed by atoms with E-state index in [2.05, 4.69) is 71.6 Å². The summed E-state index contributed by atoms with van der Waals surface area (Å²) in [5.41, 5.74) is 5.66. The van der Waals surface area contributed by atoms with Crippen LogP contribution in [0.2, 0.25) is 0 Å². The molecule has 2 aliphatic carbocycles. The zero-order chi connectivity index (χ0) is 21.4. The van der Waals surface area contributed by atoms with Crippen LogP contribution in [0.4, 0.5) is 0 Å². The van der Waals surface area contributed by atoms with Crippen LogP contribution in [-0.2, 0) is 4.74 Å². The van der Waals surface area contributed by atoms with Crippen molar-refractivity contribution in [3.63, 3.8) is 0 Å². The van der Waals surface area contributed by atoms with Crippen molar-refractivity contribution in [3.8, 4) is 0 Å². The molecule has 0 spiro atoms. The molecule has 1 saturated heterocycles. The monoisotopic (exact) mass is 425 g/mol. The van der Waals surface area contributed by atoms with Crippen molar-refractivity contribution >= 4 is 6.08 Å². The summed E-state index contributed by atoms with van der Waals surface area (Å²) in [4.78, 5) is 2.74. The molecule has 0 aromatic heterocycles. The third-order valence-corrected chi connectivity index (χ3v) is 8.35. The summed E-state index contributed by atoms with van der Waals surface area (Å²) in [5.74, 6) is 2.30. The Hall–Kier alpha value is -2.32. The van der Waals surface area contributed by atoms with Crippen LogP contribution in [0.1, 0.15) is 74.8 Å². The number of likely N-dealkylation sites (tertiary alicyclic amines) is 1. The molecule has 2 nitrogen and oxygen atoms in total. The number of rotatable bonds is 3. The number of ether oxygens (including phenoxy) is 1. The van der Waals surface area contributed by atoms with E-state index in [0.717, 1.165) is 6.42 Å². The second-order valence-corrected chi connectivity index (χ2v) is 10.2. The molecular weight excluding hydrogens is 390 g/mol. The van der Waals surface area contributed by atoms with Crippen molar-refractivity contribution in [3.05, 3.63) is 88.7 Å². The van der Waals surface area contributed by atoms with Gasteiger partial charge < -0.3 is 4.74 Å². The Balaban J connectivity index is 1.52. The van der Waals surface area contributed by atoms with E-state index >= 15 is 0 Å². The Morgan fingerprint density at radius 1 is 0.812 bits per heavy atom. The van der Waals surface area contributed by atoms with E-state index in [4.69, 9.17) is 4.74 Å². The zero-order valence-corrected chi connectivity index (χ0v) is 19.1. The van der Waals surface area contributed by atoms with Gasteiger partial charge in [-0.2, -0.15) is 0 Å². The highest BCUT2D eigenvalue weighted by Crippen LogP contribution is 2.58. The molecule has 0 bridgehead atoms. The predicted molar refractivity (Wildman–Crippen MR) is 131 cm³/mol. The van der Waals surface area contributed by atoms with E-state index in [1.807, 2.05) is 0 Å². The number of hydrogen-bond acceptors (Lipinski definition) is 2. The molecule has 2 heterocycles. The number of hydrogen-bond donors (Lipinski definition) is 0. The maximum atomic E-state index is 7.34. The molecule has 2 aliphatic heterocycles. The molecule has 1 saturated carbocycles. The highest BCUT2D eigenvalue weighted by Gasteiger charge is 2.56. The molecule has 2 heteroatoms. The number of benzene rings is 2. The molecule has 2 aromatic rings. The van der Waals surface area contributed by atoms with Crippen molar-refractivity contribution in [1.82, 2.24) is 4.90 Å². The number of nitrogens with zero attached hydrogens (tertiary/aromatic N) is 1. The van der Waals surface area contributed by atoms with Crippen molar-refractivity contribution < 1.29 is 4.74 Å². The van der Waals surface area contributed by atoms with Crippen LogP contribution in [0.5, 0.6) is 0 Å². The minimum absolute atomic E-state index is 0.124. The molecule has 32 heavy (non-hydrogen) atoms. The first-order valence-electron chi connectivity index (χ1n) is 12.8. The van der Waals surface area contributed by atoms with Crippen molar-refractivity contribution in [1.29, 1.82) is 0 Å². The third kappa shape index (κ3) is 3.44. The second kappa shape index (κ2) is 8.56. The summed E-state index contributed by atoms with van der Waals surface area (Å²) in [6, 6.07) is 22.2. The molecule has 2 fully saturated rings. The largest absolute Gasteiger partial charge is 0.472 e. The van der Waals surface area contributed by atoms with Crippen molar-refractivity contribution in [2.24, 2.45) is 5.92 Å². The van der Waals surface area contributed by atoms with Gasteiger partial charge in [0.05, 0.1) is 0 Å². The van der Waals surface area contributed by atoms with E-state index in [9.17, 15) is 0 Å². The van der Waals surface area contributed by atoms with Crippen molar-refractivity contribution in [2.45, 2.75) is 69.4 Å². The van der Waals surface area contributed by atoms with E-state index in [0.29, 0.717) is 11.8 Å². The first-order chi connectivity index (χ1) is 15.9. The normalized spacial score (nSPS) is 31.8.